The Bertz CT molecular complexity index is 311. The zero-order valence-corrected chi connectivity index (χ0v) is 10.2. The van der Waals surface area contributed by atoms with Crippen molar-refractivity contribution in [3.63, 3.8) is 0 Å². The molecule has 0 aromatic carbocycles. The maximum Gasteiger partial charge on any atom is 0.345 e. The predicted molar refractivity (Wildman–Crippen MR) is 59.6 cm³/mol. The zero-order valence-electron chi connectivity index (χ0n) is 10.2. The second-order valence-corrected chi connectivity index (χ2v) is 3.32. The van der Waals surface area contributed by atoms with Crippen molar-refractivity contribution in [3.05, 3.63) is 23.4 Å². The highest BCUT2D eigenvalue weighted by Gasteiger charge is 2.21. The van der Waals surface area contributed by atoms with Gasteiger partial charge in [0.1, 0.15) is 5.57 Å². The molecule has 16 heavy (non-hydrogen) atoms. The van der Waals surface area contributed by atoms with Gasteiger partial charge in [-0.15, -0.1) is 0 Å². The highest BCUT2D eigenvalue weighted by Crippen LogP contribution is 2.09. The third-order valence-corrected chi connectivity index (χ3v) is 1.80. The van der Waals surface area contributed by atoms with Gasteiger partial charge in [0.25, 0.3) is 0 Å². The first-order valence-electron chi connectivity index (χ1n) is 4.66. The Morgan fingerprint density at radius 3 is 1.81 bits per heavy atom. The Morgan fingerprint density at radius 1 is 1.06 bits per heavy atom. The van der Waals surface area contributed by atoms with E-state index in [1.807, 2.05) is 14.1 Å². The number of methoxy groups -OCH3 is 2. The summed E-state index contributed by atoms with van der Waals surface area (Å²) in [5.74, 6) is -1.40. The number of hydrogen-bond donors (Lipinski definition) is 0. The van der Waals surface area contributed by atoms with E-state index >= 15 is 0 Å². The van der Waals surface area contributed by atoms with Gasteiger partial charge in [-0.05, 0) is 24.8 Å². The number of allylic oxidation sites excluding steroid dienone is 2. The lowest BCUT2D eigenvalue weighted by Crippen LogP contribution is -2.17. The summed E-state index contributed by atoms with van der Waals surface area (Å²) in [5.41, 5.74) is 0.399. The van der Waals surface area contributed by atoms with Crippen molar-refractivity contribution in [1.29, 1.82) is 0 Å². The molecule has 5 nitrogen and oxygen atoms in total. The van der Waals surface area contributed by atoms with Crippen molar-refractivity contribution in [3.8, 4) is 0 Å². The van der Waals surface area contributed by atoms with E-state index in [4.69, 9.17) is 0 Å². The number of ether oxygens (including phenoxy) is 2. The number of rotatable bonds is 4. The van der Waals surface area contributed by atoms with E-state index in [1.165, 1.54) is 14.2 Å². The van der Waals surface area contributed by atoms with E-state index in [2.05, 4.69) is 9.47 Å². The Morgan fingerprint density at radius 2 is 1.50 bits per heavy atom. The molecule has 0 bridgehead atoms. The fraction of sp³-hybridized carbons (Fsp3) is 0.455. The van der Waals surface area contributed by atoms with E-state index in [1.54, 1.807) is 24.1 Å². The molecule has 90 valence electrons. The first-order chi connectivity index (χ1) is 7.43. The number of hydrogen-bond acceptors (Lipinski definition) is 5. The van der Waals surface area contributed by atoms with Gasteiger partial charge in [-0.3, -0.25) is 0 Å². The molecule has 0 radical (unpaired) electrons. The van der Waals surface area contributed by atoms with Crippen LogP contribution < -0.4 is 0 Å². The second-order valence-electron chi connectivity index (χ2n) is 3.32. The normalized spacial score (nSPS) is 9.81. The SMILES string of the molecule is COC(=O)C(C(=O)OC)=C(C)/C=C/N(C)C. The van der Waals surface area contributed by atoms with Gasteiger partial charge in [-0.1, -0.05) is 0 Å². The van der Waals surface area contributed by atoms with Crippen LogP contribution in [0.1, 0.15) is 6.92 Å². The van der Waals surface area contributed by atoms with Gasteiger partial charge in [-0.25, -0.2) is 9.59 Å². The van der Waals surface area contributed by atoms with Crippen LogP contribution in [-0.2, 0) is 19.1 Å². The molecule has 0 rings (SSSR count). The lowest BCUT2D eigenvalue weighted by Gasteiger charge is -2.07. The van der Waals surface area contributed by atoms with Gasteiger partial charge in [0.2, 0.25) is 0 Å². The average molecular weight is 227 g/mol. The van der Waals surface area contributed by atoms with Crippen LogP contribution in [-0.4, -0.2) is 45.2 Å². The van der Waals surface area contributed by atoms with Crippen LogP contribution in [0.2, 0.25) is 0 Å². The van der Waals surface area contributed by atoms with Crippen LogP contribution >= 0.6 is 0 Å². The van der Waals surface area contributed by atoms with Crippen molar-refractivity contribution in [2.75, 3.05) is 28.3 Å². The summed E-state index contributed by atoms with van der Waals surface area (Å²) in [5, 5.41) is 0. The largest absolute Gasteiger partial charge is 0.465 e. The van der Waals surface area contributed by atoms with Gasteiger partial charge >= 0.3 is 11.9 Å². The maximum atomic E-state index is 11.4. The smallest absolute Gasteiger partial charge is 0.345 e. The van der Waals surface area contributed by atoms with E-state index in [0.717, 1.165) is 0 Å². The van der Waals surface area contributed by atoms with Crippen molar-refractivity contribution in [2.45, 2.75) is 6.92 Å². The Balaban J connectivity index is 5.21. The van der Waals surface area contributed by atoms with Crippen LogP contribution in [0.3, 0.4) is 0 Å². The Hall–Kier alpha value is -1.78. The first-order valence-corrected chi connectivity index (χ1v) is 4.66. The fourth-order valence-corrected chi connectivity index (χ4v) is 0.954. The summed E-state index contributed by atoms with van der Waals surface area (Å²) in [6.07, 6.45) is 3.37. The number of esters is 2. The third-order valence-electron chi connectivity index (χ3n) is 1.80. The quantitative estimate of drug-likeness (QED) is 0.233. The standard InChI is InChI=1S/C11H17NO4/c1-8(6-7-12(2)3)9(10(13)15-4)11(14)16-5/h6-7H,1-5H3/b7-6+. The molecule has 0 amide bonds. The molecule has 0 heterocycles. The van der Waals surface area contributed by atoms with Crippen LogP contribution in [0.25, 0.3) is 0 Å². The highest BCUT2D eigenvalue weighted by atomic mass is 16.5. The minimum Gasteiger partial charge on any atom is -0.465 e. The predicted octanol–water partition coefficient (Wildman–Crippen LogP) is 0.724. The van der Waals surface area contributed by atoms with E-state index in [9.17, 15) is 9.59 Å². The summed E-state index contributed by atoms with van der Waals surface area (Å²) < 4.78 is 9.04. The van der Waals surface area contributed by atoms with Crippen LogP contribution in [0.5, 0.6) is 0 Å². The number of nitrogens with zero attached hydrogens (tertiary/aromatic N) is 1. The number of carbonyl (C=O) groups is 2. The monoisotopic (exact) mass is 227 g/mol. The highest BCUT2D eigenvalue weighted by molar-refractivity contribution is 6.15. The molecule has 0 N–H and O–H groups in total. The van der Waals surface area contributed by atoms with Gasteiger partial charge < -0.3 is 14.4 Å². The van der Waals surface area contributed by atoms with Gasteiger partial charge in [-0.2, -0.15) is 0 Å². The van der Waals surface area contributed by atoms with Crippen molar-refractivity contribution < 1.29 is 19.1 Å². The van der Waals surface area contributed by atoms with Crippen molar-refractivity contribution >= 4 is 11.9 Å². The molecule has 0 saturated carbocycles. The Labute approximate surface area is 95.3 Å². The molecular weight excluding hydrogens is 210 g/mol. The summed E-state index contributed by atoms with van der Waals surface area (Å²) in [6.45, 7) is 1.64. The molecule has 5 heteroatoms. The minimum atomic E-state index is -0.701. The number of carbonyl (C=O) groups excluding carboxylic acids is 2. The molecular formula is C11H17NO4. The van der Waals surface area contributed by atoms with Crippen LogP contribution in [0.4, 0.5) is 0 Å². The van der Waals surface area contributed by atoms with Crippen LogP contribution in [0, 0.1) is 0 Å². The summed E-state index contributed by atoms with van der Waals surface area (Å²) in [4.78, 5) is 24.5. The molecule has 0 unspecified atom stereocenters. The minimum absolute atomic E-state index is 0.0944. The molecule has 0 aliphatic carbocycles. The van der Waals surface area contributed by atoms with Crippen molar-refractivity contribution in [2.24, 2.45) is 0 Å². The maximum absolute atomic E-state index is 11.4. The topological polar surface area (TPSA) is 55.8 Å². The molecule has 0 saturated heterocycles. The van der Waals surface area contributed by atoms with Gasteiger partial charge in [0, 0.05) is 14.1 Å². The first kappa shape index (κ1) is 14.2. The summed E-state index contributed by atoms with van der Waals surface area (Å²) in [6, 6.07) is 0. The fourth-order valence-electron chi connectivity index (χ4n) is 0.954. The van der Waals surface area contributed by atoms with E-state index in [-0.39, 0.29) is 5.57 Å². The van der Waals surface area contributed by atoms with E-state index < -0.39 is 11.9 Å². The molecule has 0 aliphatic rings. The molecule has 0 aromatic rings. The van der Waals surface area contributed by atoms with Crippen molar-refractivity contribution in [1.82, 2.24) is 4.90 Å². The lowest BCUT2D eigenvalue weighted by molar-refractivity contribution is -0.144. The Kier molecular flexibility index (Phi) is 5.92. The second kappa shape index (κ2) is 6.66. The molecule has 0 aromatic heterocycles. The van der Waals surface area contributed by atoms with Crippen LogP contribution in [0.15, 0.2) is 23.4 Å². The summed E-state index contributed by atoms with van der Waals surface area (Å²) >= 11 is 0. The molecule has 0 spiro atoms. The third kappa shape index (κ3) is 4.16. The van der Waals surface area contributed by atoms with Gasteiger partial charge in [0.15, 0.2) is 0 Å². The molecule has 0 atom stereocenters. The summed E-state index contributed by atoms with van der Waals surface area (Å²) in [7, 11) is 6.10. The molecule has 0 fully saturated rings. The zero-order chi connectivity index (χ0) is 12.7. The van der Waals surface area contributed by atoms with Gasteiger partial charge in [0.05, 0.1) is 14.2 Å². The van der Waals surface area contributed by atoms with E-state index in [0.29, 0.717) is 5.57 Å². The average Bonchev–Trinajstić information content (AvgIpc) is 2.25. The lowest BCUT2D eigenvalue weighted by atomic mass is 10.1. The molecule has 0 aliphatic heterocycles.